The van der Waals surface area contributed by atoms with Crippen molar-refractivity contribution >= 4 is 59.7 Å². The number of aromatic carboxylic acids is 1. The molecule has 0 spiro atoms. The van der Waals surface area contributed by atoms with Gasteiger partial charge in [-0.2, -0.15) is 0 Å². The Kier molecular flexibility index (Phi) is 5.45. The van der Waals surface area contributed by atoms with Gasteiger partial charge in [-0.05, 0) is 0 Å². The topological polar surface area (TPSA) is 220 Å². The first-order valence-corrected chi connectivity index (χ1v) is 15.8. The van der Waals surface area contributed by atoms with Gasteiger partial charge in [-0.25, -0.2) is 0 Å². The van der Waals surface area contributed by atoms with E-state index in [9.17, 15) is 33.8 Å². The van der Waals surface area contributed by atoms with Crippen LogP contribution in [0.25, 0.3) is 33.4 Å². The molecule has 0 bridgehead atoms. The number of carboxylic acid groups (broad SMARTS) is 1. The molecule has 4 rings (SSSR count). The Morgan fingerprint density at radius 3 is 2.24 bits per heavy atom. The molecule has 13 heteroatoms. The SMILES string of the molecule is Nc1ccc2c(-c3ccccc3C(=O)O)c3ccc(=[NH2+])c([As](=O)(O)O)c-3oc2c1[As](=O)([O-])O. The van der Waals surface area contributed by atoms with Crippen molar-refractivity contribution in [3.8, 4) is 22.5 Å². The van der Waals surface area contributed by atoms with Crippen LogP contribution in [0.3, 0.4) is 0 Å². The summed E-state index contributed by atoms with van der Waals surface area (Å²) in [5.41, 5.74) is 5.10. The number of anilines is 1. The molecule has 1 atom stereocenters. The van der Waals surface area contributed by atoms with Crippen LogP contribution in [0.1, 0.15) is 10.4 Å². The molecule has 11 nitrogen and oxygen atoms in total. The first kappa shape index (κ1) is 23.1. The molecule has 2 aliphatic rings. The van der Waals surface area contributed by atoms with E-state index in [0.717, 1.165) is 0 Å². The molecule has 1 aliphatic heterocycles. The molecule has 8 N–H and O–H groups in total. The van der Waals surface area contributed by atoms with Crippen molar-refractivity contribution in [1.82, 2.24) is 0 Å². The number of hydrogen-bond donors (Lipinski definition) is 6. The molecular weight excluding hydrogens is 562 g/mol. The monoisotopic (exact) mass is 578 g/mol. The fraction of sp³-hybridized carbons (Fsp3) is 0. The van der Waals surface area contributed by atoms with Crippen molar-refractivity contribution in [3.05, 3.63) is 59.5 Å². The molecule has 33 heavy (non-hydrogen) atoms. The molecular formula is C20H16As2N2O9. The first-order valence-electron chi connectivity index (χ1n) is 9.16. The predicted octanol–water partition coefficient (Wildman–Crippen LogP) is -3.37. The minimum atomic E-state index is -6.01. The van der Waals surface area contributed by atoms with Crippen LogP contribution in [0.4, 0.5) is 5.69 Å². The van der Waals surface area contributed by atoms with E-state index in [1.807, 2.05) is 0 Å². The molecule has 0 aromatic heterocycles. The van der Waals surface area contributed by atoms with E-state index >= 15 is 0 Å². The number of carboxylic acids is 1. The summed E-state index contributed by atoms with van der Waals surface area (Å²) < 4.78 is 70.9. The summed E-state index contributed by atoms with van der Waals surface area (Å²) in [6.45, 7) is 0. The van der Waals surface area contributed by atoms with Crippen LogP contribution in [0, 0.1) is 0 Å². The average molecular weight is 578 g/mol. The molecule has 1 heterocycles. The summed E-state index contributed by atoms with van der Waals surface area (Å²) in [4.78, 5) is 11.9. The Hall–Kier alpha value is -3.04. The van der Waals surface area contributed by atoms with E-state index in [4.69, 9.17) is 15.6 Å². The molecule has 0 saturated carbocycles. The van der Waals surface area contributed by atoms with E-state index in [0.29, 0.717) is 0 Å². The second-order valence-electron chi connectivity index (χ2n) is 7.15. The first-order chi connectivity index (χ1) is 15.3. The Morgan fingerprint density at radius 2 is 1.64 bits per heavy atom. The van der Waals surface area contributed by atoms with Crippen LogP contribution in [0.15, 0.2) is 52.9 Å². The zero-order valence-electron chi connectivity index (χ0n) is 16.5. The van der Waals surface area contributed by atoms with Gasteiger partial charge in [0.2, 0.25) is 0 Å². The Bertz CT molecular complexity index is 1580. The summed E-state index contributed by atoms with van der Waals surface area (Å²) in [7, 11) is 0. The van der Waals surface area contributed by atoms with Crippen molar-refractivity contribution in [2.75, 3.05) is 5.73 Å². The van der Waals surface area contributed by atoms with Gasteiger partial charge < -0.3 is 0 Å². The molecule has 0 amide bonds. The molecule has 170 valence electrons. The van der Waals surface area contributed by atoms with Gasteiger partial charge in [0.05, 0.1) is 0 Å². The van der Waals surface area contributed by atoms with E-state index in [-0.39, 0.29) is 38.7 Å². The van der Waals surface area contributed by atoms with Gasteiger partial charge in [0, 0.05) is 0 Å². The summed E-state index contributed by atoms with van der Waals surface area (Å²) in [6.07, 6.45) is 0. The third-order valence-electron chi connectivity index (χ3n) is 5.07. The molecule has 0 fully saturated rings. The van der Waals surface area contributed by atoms with E-state index < -0.39 is 54.4 Å². The summed E-state index contributed by atoms with van der Waals surface area (Å²) >= 11 is -11.8. The maximum absolute atomic E-state index is 12.3. The minimum absolute atomic E-state index is 0.0562. The Balaban J connectivity index is 2.37. The number of carbonyl (C=O) groups is 1. The molecule has 0 saturated heterocycles. The van der Waals surface area contributed by atoms with Gasteiger partial charge in [-0.1, -0.05) is 0 Å². The van der Waals surface area contributed by atoms with Crippen molar-refractivity contribution in [2.24, 2.45) is 0 Å². The van der Waals surface area contributed by atoms with Crippen LogP contribution >= 0.6 is 0 Å². The van der Waals surface area contributed by atoms with E-state index in [2.05, 4.69) is 0 Å². The van der Waals surface area contributed by atoms with Crippen LogP contribution in [-0.2, 0) is 7.48 Å². The van der Waals surface area contributed by atoms with E-state index in [1.165, 1.54) is 42.5 Å². The zero-order chi connectivity index (χ0) is 24.3. The quantitative estimate of drug-likeness (QED) is 0.0802. The third kappa shape index (κ3) is 3.85. The number of nitrogens with two attached hydrogens (primary N) is 2. The van der Waals surface area contributed by atoms with Crippen molar-refractivity contribution < 1.29 is 43.6 Å². The van der Waals surface area contributed by atoms with Gasteiger partial charge in [-0.15, -0.1) is 0 Å². The van der Waals surface area contributed by atoms with Crippen molar-refractivity contribution in [2.45, 2.75) is 0 Å². The molecule has 1 unspecified atom stereocenters. The standard InChI is InChI=1S/C20H16As2N2O9/c23-13-7-5-11-15(9-3-1-2-4-10(9)20(25)26)12-6-8-14(24)17(22(30,31)32)19(12)33-18(11)16(13)21(27,28)29/h1-8,23H,24H2,(H,25,26)(H2,27,28,29)(H2,30,31,32). The second kappa shape index (κ2) is 7.77. The third-order valence-corrected chi connectivity index (χ3v) is 9.41. The summed E-state index contributed by atoms with van der Waals surface area (Å²) in [5, 5.41) is 15.3. The maximum atomic E-state index is 12.3. The van der Waals surface area contributed by atoms with Gasteiger partial charge in [0.1, 0.15) is 0 Å². The fourth-order valence-corrected chi connectivity index (χ4v) is 7.28. The number of hydrogen-bond acceptors (Lipinski definition) is 6. The normalized spacial score (nSPS) is 13.8. The molecule has 2 aromatic rings. The fourth-order valence-electron chi connectivity index (χ4n) is 3.79. The van der Waals surface area contributed by atoms with Crippen LogP contribution in [0.2, 0.25) is 0 Å². The average Bonchev–Trinajstić information content (AvgIpc) is 2.69. The summed E-state index contributed by atoms with van der Waals surface area (Å²) in [5.74, 6) is -1.74. The van der Waals surface area contributed by atoms with Gasteiger partial charge in [0.25, 0.3) is 0 Å². The van der Waals surface area contributed by atoms with Gasteiger partial charge in [-0.3, -0.25) is 0 Å². The number of nitrogen functional groups attached to an aromatic ring is 1. The molecule has 2 aromatic carbocycles. The van der Waals surface area contributed by atoms with Crippen LogP contribution < -0.4 is 29.3 Å². The zero-order valence-corrected chi connectivity index (χ0v) is 20.3. The van der Waals surface area contributed by atoms with E-state index in [1.54, 1.807) is 6.07 Å². The van der Waals surface area contributed by atoms with Gasteiger partial charge in [0.15, 0.2) is 0 Å². The van der Waals surface area contributed by atoms with Gasteiger partial charge >= 0.3 is 191 Å². The number of fused-ring (bicyclic) bond motifs is 2. The van der Waals surface area contributed by atoms with Crippen LogP contribution in [-0.4, -0.2) is 51.7 Å². The molecule has 1 aliphatic carbocycles. The number of rotatable bonds is 4. The number of benzene rings is 3. The van der Waals surface area contributed by atoms with Crippen LogP contribution in [0.5, 0.6) is 0 Å². The van der Waals surface area contributed by atoms with Crippen molar-refractivity contribution in [1.29, 1.82) is 0 Å². The predicted molar refractivity (Wildman–Crippen MR) is 114 cm³/mol. The Labute approximate surface area is 190 Å². The molecule has 0 radical (unpaired) electrons. The van der Waals surface area contributed by atoms with Crippen molar-refractivity contribution in [3.63, 3.8) is 0 Å². The second-order valence-corrected chi connectivity index (χ2v) is 13.5. The summed E-state index contributed by atoms with van der Waals surface area (Å²) in [6, 6.07) is 11.0. The Morgan fingerprint density at radius 1 is 0.970 bits per heavy atom.